The van der Waals surface area contributed by atoms with E-state index in [1.807, 2.05) is 20.8 Å². The maximum Gasteiger partial charge on any atom is 0.269 e. The van der Waals surface area contributed by atoms with E-state index >= 15 is 0 Å². The maximum atomic E-state index is 12.9. The summed E-state index contributed by atoms with van der Waals surface area (Å²) in [5.41, 5.74) is 0.149. The van der Waals surface area contributed by atoms with Crippen LogP contribution in [0.5, 0.6) is 0 Å². The van der Waals surface area contributed by atoms with Crippen molar-refractivity contribution in [3.8, 4) is 0 Å². The first-order valence-corrected chi connectivity index (χ1v) is 10.0. The molecule has 1 unspecified atom stereocenters. The van der Waals surface area contributed by atoms with Crippen LogP contribution in [0.15, 0.2) is 24.3 Å². The van der Waals surface area contributed by atoms with E-state index in [1.165, 1.54) is 17.0 Å². The van der Waals surface area contributed by atoms with Crippen LogP contribution in [0.1, 0.15) is 78.7 Å². The molecule has 0 aliphatic carbocycles. The van der Waals surface area contributed by atoms with Crippen molar-refractivity contribution >= 4 is 17.5 Å². The van der Waals surface area contributed by atoms with Gasteiger partial charge in [0.1, 0.15) is 0 Å². The minimum absolute atomic E-state index is 0.0622. The number of nitro benzene ring substituents is 1. The highest BCUT2D eigenvalue weighted by molar-refractivity contribution is 5.99. The highest BCUT2D eigenvalue weighted by atomic mass is 16.6. The highest BCUT2D eigenvalue weighted by Crippen LogP contribution is 2.43. The largest absolute Gasteiger partial charge is 0.277 e. The average molecular weight is 389 g/mol. The van der Waals surface area contributed by atoms with Crippen LogP contribution in [0.3, 0.4) is 0 Å². The van der Waals surface area contributed by atoms with Gasteiger partial charge in [0.2, 0.25) is 11.8 Å². The zero-order valence-corrected chi connectivity index (χ0v) is 17.8. The topological polar surface area (TPSA) is 80.5 Å². The van der Waals surface area contributed by atoms with Crippen LogP contribution in [-0.4, -0.2) is 27.2 Å². The van der Waals surface area contributed by atoms with Gasteiger partial charge in [-0.25, -0.2) is 0 Å². The third-order valence-corrected chi connectivity index (χ3v) is 6.42. The van der Waals surface area contributed by atoms with Crippen molar-refractivity contribution in [2.24, 2.45) is 11.3 Å². The third-order valence-electron chi connectivity index (χ3n) is 6.42. The van der Waals surface area contributed by atoms with Crippen LogP contribution >= 0.6 is 0 Å². The number of nitro groups is 1. The number of non-ortho nitro benzene ring substituents is 1. The van der Waals surface area contributed by atoms with E-state index in [0.717, 1.165) is 12.0 Å². The second kappa shape index (κ2) is 8.02. The molecule has 1 aliphatic rings. The van der Waals surface area contributed by atoms with E-state index in [-0.39, 0.29) is 34.8 Å². The summed E-state index contributed by atoms with van der Waals surface area (Å²) in [7, 11) is 0. The molecule has 0 aromatic heterocycles. The summed E-state index contributed by atoms with van der Waals surface area (Å²) in [6.45, 7) is 12.1. The molecule has 1 aliphatic heterocycles. The number of piperidine rings is 1. The monoisotopic (exact) mass is 388 g/mol. The minimum atomic E-state index is -0.616. The summed E-state index contributed by atoms with van der Waals surface area (Å²) in [5.74, 6) is 0.163. The molecule has 0 spiro atoms. The Hall–Kier alpha value is -2.24. The van der Waals surface area contributed by atoms with Crippen molar-refractivity contribution in [2.75, 3.05) is 0 Å². The molecule has 1 heterocycles. The Bertz CT molecular complexity index is 734. The summed E-state index contributed by atoms with van der Waals surface area (Å²) in [6.07, 6.45) is 2.21. The normalized spacial score (nSPS) is 18.5. The minimum Gasteiger partial charge on any atom is -0.277 e. The van der Waals surface area contributed by atoms with Crippen LogP contribution in [0.2, 0.25) is 0 Å². The number of amides is 2. The standard InChI is InChI=1S/C22H32N2O4/c1-7-16(17-8-10-18(11-9-17)24(27)28)12-21(4,5)23-19(25)13-22(6,15(2)3)14-20(23)26/h8-11,15-16H,7,12-14H2,1-6H3. The predicted molar refractivity (Wildman–Crippen MR) is 109 cm³/mol. The van der Waals surface area contributed by atoms with Crippen molar-refractivity contribution in [1.82, 2.24) is 4.90 Å². The average Bonchev–Trinajstić information content (AvgIpc) is 2.58. The van der Waals surface area contributed by atoms with Gasteiger partial charge in [-0.1, -0.05) is 39.8 Å². The Morgan fingerprint density at radius 2 is 1.64 bits per heavy atom. The van der Waals surface area contributed by atoms with Crippen molar-refractivity contribution in [2.45, 2.75) is 78.7 Å². The fraction of sp³-hybridized carbons (Fsp3) is 0.636. The summed E-state index contributed by atoms with van der Waals surface area (Å²) in [4.78, 5) is 37.8. The number of hydrogen-bond donors (Lipinski definition) is 0. The summed E-state index contributed by atoms with van der Waals surface area (Å²) < 4.78 is 0. The van der Waals surface area contributed by atoms with Crippen molar-refractivity contribution < 1.29 is 14.5 Å². The SMILES string of the molecule is CCC(CC(C)(C)N1C(=O)CC(C)(C(C)C)CC1=O)c1ccc([N+](=O)[O-])cc1. The molecule has 28 heavy (non-hydrogen) atoms. The molecule has 2 amide bonds. The Morgan fingerprint density at radius 3 is 2.04 bits per heavy atom. The maximum absolute atomic E-state index is 12.9. The lowest BCUT2D eigenvalue weighted by molar-refractivity contribution is -0.384. The number of carbonyl (C=O) groups excluding carboxylic acids is 2. The molecule has 0 bridgehead atoms. The van der Waals surface area contributed by atoms with Crippen molar-refractivity contribution in [3.63, 3.8) is 0 Å². The predicted octanol–water partition coefficient (Wildman–Crippen LogP) is 5.07. The molecule has 1 aromatic rings. The van der Waals surface area contributed by atoms with Gasteiger partial charge in [-0.3, -0.25) is 24.6 Å². The van der Waals surface area contributed by atoms with E-state index < -0.39 is 10.5 Å². The van der Waals surface area contributed by atoms with Gasteiger partial charge in [-0.15, -0.1) is 0 Å². The van der Waals surface area contributed by atoms with Gasteiger partial charge in [0, 0.05) is 30.5 Å². The number of benzene rings is 1. The zero-order valence-electron chi connectivity index (χ0n) is 17.8. The molecule has 1 aromatic carbocycles. The molecule has 0 N–H and O–H groups in total. The smallest absolute Gasteiger partial charge is 0.269 e. The van der Waals surface area contributed by atoms with Crippen LogP contribution in [0.4, 0.5) is 5.69 Å². The Labute approximate surface area is 167 Å². The first-order chi connectivity index (χ1) is 12.9. The first-order valence-electron chi connectivity index (χ1n) is 10.0. The zero-order chi connectivity index (χ0) is 21.3. The van der Waals surface area contributed by atoms with Crippen molar-refractivity contribution in [3.05, 3.63) is 39.9 Å². The molecule has 2 rings (SSSR count). The lowest BCUT2D eigenvalue weighted by Crippen LogP contribution is -2.57. The Kier molecular flexibility index (Phi) is 6.31. The molecule has 1 atom stereocenters. The van der Waals surface area contributed by atoms with Gasteiger partial charge in [-0.2, -0.15) is 0 Å². The highest BCUT2D eigenvalue weighted by Gasteiger charge is 2.47. The fourth-order valence-electron chi connectivity index (χ4n) is 4.19. The Balaban J connectivity index is 2.22. The quantitative estimate of drug-likeness (QED) is 0.371. The number of rotatable bonds is 7. The molecule has 0 saturated carbocycles. The van der Waals surface area contributed by atoms with Gasteiger partial charge in [0.15, 0.2) is 0 Å². The van der Waals surface area contributed by atoms with E-state index in [1.54, 1.807) is 12.1 Å². The molecule has 6 nitrogen and oxygen atoms in total. The second-order valence-electron chi connectivity index (χ2n) is 9.26. The van der Waals surface area contributed by atoms with E-state index in [0.29, 0.717) is 19.3 Å². The molecule has 154 valence electrons. The Morgan fingerprint density at radius 1 is 1.14 bits per heavy atom. The van der Waals surface area contributed by atoms with Crippen LogP contribution in [0.25, 0.3) is 0 Å². The van der Waals surface area contributed by atoms with E-state index in [4.69, 9.17) is 0 Å². The molecule has 1 fully saturated rings. The molecular weight excluding hydrogens is 356 g/mol. The number of hydrogen-bond acceptors (Lipinski definition) is 4. The molecule has 6 heteroatoms. The van der Waals surface area contributed by atoms with Gasteiger partial charge in [-0.05, 0) is 49.5 Å². The lowest BCUT2D eigenvalue weighted by Gasteiger charge is -2.47. The number of nitrogens with zero attached hydrogens (tertiary/aromatic N) is 2. The second-order valence-corrected chi connectivity index (χ2v) is 9.26. The number of imide groups is 1. The summed E-state index contributed by atoms with van der Waals surface area (Å²) >= 11 is 0. The fourth-order valence-corrected chi connectivity index (χ4v) is 4.19. The van der Waals surface area contributed by atoms with Crippen LogP contribution < -0.4 is 0 Å². The van der Waals surface area contributed by atoms with Gasteiger partial charge >= 0.3 is 0 Å². The molecule has 1 saturated heterocycles. The summed E-state index contributed by atoms with van der Waals surface area (Å²) in [6, 6.07) is 6.57. The van der Waals surface area contributed by atoms with Crippen LogP contribution in [0, 0.1) is 21.4 Å². The lowest BCUT2D eigenvalue weighted by atomic mass is 9.70. The third kappa shape index (κ3) is 4.42. The molecule has 0 radical (unpaired) electrons. The van der Waals surface area contributed by atoms with Gasteiger partial charge in [0.05, 0.1) is 4.92 Å². The number of carbonyl (C=O) groups is 2. The first kappa shape index (κ1) is 22.1. The van der Waals surface area contributed by atoms with E-state index in [2.05, 4.69) is 20.8 Å². The van der Waals surface area contributed by atoms with Gasteiger partial charge in [0.25, 0.3) is 5.69 Å². The van der Waals surface area contributed by atoms with E-state index in [9.17, 15) is 19.7 Å². The van der Waals surface area contributed by atoms with Gasteiger partial charge < -0.3 is 0 Å². The van der Waals surface area contributed by atoms with Crippen LogP contribution in [-0.2, 0) is 9.59 Å². The molecular formula is C22H32N2O4. The summed E-state index contributed by atoms with van der Waals surface area (Å²) in [5, 5.41) is 10.9. The van der Waals surface area contributed by atoms with Crippen molar-refractivity contribution in [1.29, 1.82) is 0 Å². The number of likely N-dealkylation sites (tertiary alicyclic amines) is 1.